The Hall–Kier alpha value is -0.0400. The molecule has 2 atom stereocenters. The molecular weight excluding hydrogens is 232 g/mol. The van der Waals surface area contributed by atoms with Crippen molar-refractivity contribution in [1.82, 2.24) is 0 Å². The van der Waals surface area contributed by atoms with Crippen molar-refractivity contribution >= 4 is 0 Å². The Balaban J connectivity index is 2.11. The third kappa shape index (κ3) is 6.79. The van der Waals surface area contributed by atoms with Gasteiger partial charge in [0.15, 0.2) is 0 Å². The smallest absolute Gasteiger partial charge is 0.0462 e. The normalized spacial score (nSPS) is 26.5. The third-order valence-corrected chi connectivity index (χ3v) is 5.09. The predicted octanol–water partition coefficient (Wildman–Crippen LogP) is 5.56. The van der Waals surface area contributed by atoms with E-state index in [1.54, 1.807) is 0 Å². The molecule has 0 bridgehead atoms. The lowest BCUT2D eigenvalue weighted by Gasteiger charge is -2.40. The molecule has 0 aliphatic heterocycles. The van der Waals surface area contributed by atoms with Gasteiger partial charge in [0.2, 0.25) is 0 Å². The van der Waals surface area contributed by atoms with Crippen LogP contribution in [0.4, 0.5) is 0 Å². The van der Waals surface area contributed by atoms with Crippen LogP contribution in [-0.4, -0.2) is 11.7 Å². The molecule has 1 rings (SSSR count). The molecule has 0 unspecified atom stereocenters. The van der Waals surface area contributed by atoms with Crippen LogP contribution in [0.3, 0.4) is 0 Å². The Morgan fingerprint density at radius 2 is 1.58 bits per heavy atom. The minimum atomic E-state index is 0.407. The maximum Gasteiger partial charge on any atom is 0.0462 e. The second-order valence-electron chi connectivity index (χ2n) is 7.52. The topological polar surface area (TPSA) is 20.2 Å². The van der Waals surface area contributed by atoms with E-state index in [-0.39, 0.29) is 0 Å². The molecule has 1 nitrogen and oxygen atoms in total. The molecule has 114 valence electrons. The summed E-state index contributed by atoms with van der Waals surface area (Å²) in [5.74, 6) is 1.37. The number of rotatable bonds is 9. The average Bonchev–Trinajstić information content (AvgIpc) is 2.38. The fourth-order valence-electron chi connectivity index (χ4n) is 3.75. The molecule has 1 saturated carbocycles. The van der Waals surface area contributed by atoms with Gasteiger partial charge in [-0.2, -0.15) is 0 Å². The second kappa shape index (κ2) is 9.00. The minimum Gasteiger partial charge on any atom is -0.396 e. The zero-order chi connectivity index (χ0) is 14.1. The summed E-state index contributed by atoms with van der Waals surface area (Å²) in [5.41, 5.74) is 0.462. The van der Waals surface area contributed by atoms with Crippen LogP contribution in [0, 0.1) is 17.3 Å². The Labute approximate surface area is 121 Å². The highest BCUT2D eigenvalue weighted by atomic mass is 16.3. The van der Waals surface area contributed by atoms with E-state index in [1.165, 1.54) is 70.6 Å². The summed E-state index contributed by atoms with van der Waals surface area (Å²) in [7, 11) is 0. The van der Waals surface area contributed by atoms with Gasteiger partial charge in [0.05, 0.1) is 0 Å². The summed E-state index contributed by atoms with van der Waals surface area (Å²) in [4.78, 5) is 0. The van der Waals surface area contributed by atoms with Crippen molar-refractivity contribution in [3.05, 3.63) is 0 Å². The molecule has 19 heavy (non-hydrogen) atoms. The van der Waals surface area contributed by atoms with Gasteiger partial charge in [-0.3, -0.25) is 0 Å². The summed E-state index contributed by atoms with van der Waals surface area (Å²) in [6.45, 7) is 7.41. The molecule has 1 aliphatic carbocycles. The maximum atomic E-state index is 9.59. The quantitative estimate of drug-likeness (QED) is 0.543. The Morgan fingerprint density at radius 3 is 2.21 bits per heavy atom. The summed E-state index contributed by atoms with van der Waals surface area (Å²) >= 11 is 0. The van der Waals surface area contributed by atoms with Gasteiger partial charge >= 0.3 is 0 Å². The van der Waals surface area contributed by atoms with Crippen LogP contribution in [0.25, 0.3) is 0 Å². The zero-order valence-corrected chi connectivity index (χ0v) is 13.6. The number of hydrogen-bond donors (Lipinski definition) is 1. The van der Waals surface area contributed by atoms with Crippen LogP contribution in [0.15, 0.2) is 0 Å². The van der Waals surface area contributed by atoms with Crippen LogP contribution in [0.1, 0.15) is 91.4 Å². The van der Waals surface area contributed by atoms with Gasteiger partial charge in [-0.15, -0.1) is 0 Å². The highest BCUT2D eigenvalue weighted by Gasteiger charge is 2.33. The van der Waals surface area contributed by atoms with Gasteiger partial charge in [-0.25, -0.2) is 0 Å². The second-order valence-corrected chi connectivity index (χ2v) is 7.52. The highest BCUT2D eigenvalue weighted by molar-refractivity contribution is 4.84. The Kier molecular flexibility index (Phi) is 8.06. The van der Waals surface area contributed by atoms with Crippen LogP contribution >= 0.6 is 0 Å². The first-order valence-electron chi connectivity index (χ1n) is 8.70. The van der Waals surface area contributed by atoms with Crippen molar-refractivity contribution in [2.24, 2.45) is 17.3 Å². The predicted molar refractivity (Wildman–Crippen MR) is 84.3 cm³/mol. The average molecular weight is 268 g/mol. The van der Waals surface area contributed by atoms with Crippen LogP contribution < -0.4 is 0 Å². The summed E-state index contributed by atoms with van der Waals surface area (Å²) in [6.07, 6.45) is 15.1. The van der Waals surface area contributed by atoms with Gasteiger partial charge < -0.3 is 5.11 Å². The summed E-state index contributed by atoms with van der Waals surface area (Å²) < 4.78 is 0. The van der Waals surface area contributed by atoms with Gasteiger partial charge in [0, 0.05) is 6.61 Å². The molecule has 0 aromatic rings. The maximum absolute atomic E-state index is 9.59. The van der Waals surface area contributed by atoms with Gasteiger partial charge in [0.25, 0.3) is 0 Å². The van der Waals surface area contributed by atoms with Crippen molar-refractivity contribution in [1.29, 1.82) is 0 Å². The number of aliphatic hydroxyl groups is 1. The van der Waals surface area contributed by atoms with Crippen molar-refractivity contribution in [2.45, 2.75) is 91.4 Å². The first-order valence-corrected chi connectivity index (χ1v) is 8.70. The van der Waals surface area contributed by atoms with E-state index in [0.717, 1.165) is 5.92 Å². The molecule has 1 aliphatic rings. The molecule has 0 saturated heterocycles. The molecule has 0 spiro atoms. The SMILES string of the molecule is CCCCCCCCC[C@@H]1CCC(C)(C)C[C@H]1CO. The van der Waals surface area contributed by atoms with Crippen molar-refractivity contribution in [3.8, 4) is 0 Å². The zero-order valence-electron chi connectivity index (χ0n) is 13.6. The van der Waals surface area contributed by atoms with Crippen LogP contribution in [0.2, 0.25) is 0 Å². The lowest BCUT2D eigenvalue weighted by atomic mass is 9.66. The molecular formula is C18H36O. The van der Waals surface area contributed by atoms with Crippen molar-refractivity contribution in [3.63, 3.8) is 0 Å². The molecule has 0 aromatic heterocycles. The number of hydrogen-bond acceptors (Lipinski definition) is 1. The van der Waals surface area contributed by atoms with Crippen LogP contribution in [0.5, 0.6) is 0 Å². The fraction of sp³-hybridized carbons (Fsp3) is 1.00. The third-order valence-electron chi connectivity index (χ3n) is 5.09. The minimum absolute atomic E-state index is 0.407. The molecule has 1 fully saturated rings. The monoisotopic (exact) mass is 268 g/mol. The standard InChI is InChI=1S/C18H36O/c1-4-5-6-7-8-9-10-11-16-12-13-18(2,3)14-17(16)15-19/h16-17,19H,4-15H2,1-3H3/t16-,17+/m1/s1. The van der Waals surface area contributed by atoms with Gasteiger partial charge in [0.1, 0.15) is 0 Å². The lowest BCUT2D eigenvalue weighted by molar-refractivity contribution is 0.0626. The molecule has 0 radical (unpaired) electrons. The van der Waals surface area contributed by atoms with Gasteiger partial charge in [-0.1, -0.05) is 72.1 Å². The molecule has 0 heterocycles. The largest absolute Gasteiger partial charge is 0.396 e. The lowest BCUT2D eigenvalue weighted by Crippen LogP contribution is -2.32. The van der Waals surface area contributed by atoms with Crippen molar-refractivity contribution < 1.29 is 5.11 Å². The Bertz CT molecular complexity index is 222. The van der Waals surface area contributed by atoms with Gasteiger partial charge in [-0.05, 0) is 36.5 Å². The van der Waals surface area contributed by atoms with E-state index >= 15 is 0 Å². The molecule has 1 heteroatoms. The van der Waals surface area contributed by atoms with E-state index < -0.39 is 0 Å². The van der Waals surface area contributed by atoms with E-state index in [2.05, 4.69) is 20.8 Å². The number of unbranched alkanes of at least 4 members (excludes halogenated alkanes) is 6. The first-order chi connectivity index (χ1) is 9.09. The fourth-order valence-corrected chi connectivity index (χ4v) is 3.75. The van der Waals surface area contributed by atoms with E-state index in [1.807, 2.05) is 0 Å². The first kappa shape index (κ1) is 17.0. The number of aliphatic hydroxyl groups excluding tert-OH is 1. The van der Waals surface area contributed by atoms with E-state index in [0.29, 0.717) is 17.9 Å². The molecule has 0 aromatic carbocycles. The van der Waals surface area contributed by atoms with E-state index in [9.17, 15) is 5.11 Å². The highest BCUT2D eigenvalue weighted by Crippen LogP contribution is 2.43. The van der Waals surface area contributed by atoms with Crippen LogP contribution in [-0.2, 0) is 0 Å². The summed E-state index contributed by atoms with van der Waals surface area (Å²) in [6, 6.07) is 0. The molecule has 1 N–H and O–H groups in total. The molecule has 0 amide bonds. The Morgan fingerprint density at radius 1 is 0.947 bits per heavy atom. The van der Waals surface area contributed by atoms with Crippen molar-refractivity contribution in [2.75, 3.05) is 6.61 Å². The van der Waals surface area contributed by atoms with E-state index in [4.69, 9.17) is 0 Å². The summed E-state index contributed by atoms with van der Waals surface area (Å²) in [5, 5.41) is 9.59.